The molecule has 1 heterocycles. The Morgan fingerprint density at radius 2 is 1.80 bits per heavy atom. The SMILES string of the molecule is Cc1ccc(OCC(=O)NCc2cccc(CN3CCCC3)c2)cc1. The van der Waals surface area contributed by atoms with E-state index >= 15 is 0 Å². The number of aryl methyl sites for hydroxylation is 1. The van der Waals surface area contributed by atoms with Gasteiger partial charge in [-0.05, 0) is 56.1 Å². The van der Waals surface area contributed by atoms with Crippen molar-refractivity contribution >= 4 is 5.91 Å². The minimum absolute atomic E-state index is 0.0382. The third-order valence-electron chi connectivity index (χ3n) is 4.48. The van der Waals surface area contributed by atoms with E-state index in [2.05, 4.69) is 34.5 Å². The van der Waals surface area contributed by atoms with Gasteiger partial charge in [-0.25, -0.2) is 0 Å². The lowest BCUT2D eigenvalue weighted by atomic mass is 10.1. The molecular weight excluding hydrogens is 312 g/mol. The lowest BCUT2D eigenvalue weighted by Crippen LogP contribution is -2.28. The second-order valence-corrected chi connectivity index (χ2v) is 6.68. The van der Waals surface area contributed by atoms with Gasteiger partial charge in [0.1, 0.15) is 5.75 Å². The fourth-order valence-corrected chi connectivity index (χ4v) is 3.07. The van der Waals surface area contributed by atoms with E-state index in [1.807, 2.05) is 31.2 Å². The summed E-state index contributed by atoms with van der Waals surface area (Å²) in [5.74, 6) is 0.610. The van der Waals surface area contributed by atoms with Gasteiger partial charge in [0.15, 0.2) is 6.61 Å². The van der Waals surface area contributed by atoms with Crippen LogP contribution in [0.4, 0.5) is 0 Å². The summed E-state index contributed by atoms with van der Waals surface area (Å²) in [5, 5.41) is 2.92. The van der Waals surface area contributed by atoms with Crippen molar-refractivity contribution in [1.29, 1.82) is 0 Å². The largest absolute Gasteiger partial charge is 0.484 e. The highest BCUT2D eigenvalue weighted by molar-refractivity contribution is 5.77. The molecular formula is C21H26N2O2. The summed E-state index contributed by atoms with van der Waals surface area (Å²) >= 11 is 0. The van der Waals surface area contributed by atoms with E-state index in [1.165, 1.54) is 37.1 Å². The van der Waals surface area contributed by atoms with Crippen molar-refractivity contribution in [2.24, 2.45) is 0 Å². The minimum atomic E-state index is -0.106. The van der Waals surface area contributed by atoms with E-state index in [4.69, 9.17) is 4.74 Å². The van der Waals surface area contributed by atoms with Crippen molar-refractivity contribution in [2.45, 2.75) is 32.9 Å². The van der Waals surface area contributed by atoms with E-state index in [-0.39, 0.29) is 12.5 Å². The number of benzene rings is 2. The molecule has 1 fully saturated rings. The van der Waals surface area contributed by atoms with Crippen LogP contribution in [0.3, 0.4) is 0 Å². The summed E-state index contributed by atoms with van der Waals surface area (Å²) in [7, 11) is 0. The molecule has 1 amide bonds. The third-order valence-corrected chi connectivity index (χ3v) is 4.48. The quantitative estimate of drug-likeness (QED) is 0.842. The van der Waals surface area contributed by atoms with Gasteiger partial charge in [0.05, 0.1) is 0 Å². The highest BCUT2D eigenvalue weighted by Gasteiger charge is 2.11. The van der Waals surface area contributed by atoms with Gasteiger partial charge in [0.25, 0.3) is 5.91 Å². The van der Waals surface area contributed by atoms with Crippen LogP contribution in [0.2, 0.25) is 0 Å². The van der Waals surface area contributed by atoms with E-state index in [1.54, 1.807) is 0 Å². The minimum Gasteiger partial charge on any atom is -0.484 e. The van der Waals surface area contributed by atoms with Crippen LogP contribution in [-0.4, -0.2) is 30.5 Å². The fraction of sp³-hybridized carbons (Fsp3) is 0.381. The highest BCUT2D eigenvalue weighted by atomic mass is 16.5. The predicted molar refractivity (Wildman–Crippen MR) is 99.5 cm³/mol. The number of nitrogens with zero attached hydrogens (tertiary/aromatic N) is 1. The van der Waals surface area contributed by atoms with Crippen molar-refractivity contribution in [3.8, 4) is 5.75 Å². The summed E-state index contributed by atoms with van der Waals surface area (Å²) in [6, 6.07) is 16.2. The summed E-state index contributed by atoms with van der Waals surface area (Å²) in [5.41, 5.74) is 3.61. The number of amides is 1. The molecule has 0 spiro atoms. The normalized spacial score (nSPS) is 14.4. The smallest absolute Gasteiger partial charge is 0.258 e. The molecule has 1 aliphatic heterocycles. The molecule has 0 saturated carbocycles. The van der Waals surface area contributed by atoms with Crippen LogP contribution >= 0.6 is 0 Å². The van der Waals surface area contributed by atoms with Crippen LogP contribution in [0.5, 0.6) is 5.75 Å². The second kappa shape index (κ2) is 8.67. The van der Waals surface area contributed by atoms with Gasteiger partial charge in [-0.1, -0.05) is 42.0 Å². The van der Waals surface area contributed by atoms with Crippen molar-refractivity contribution in [1.82, 2.24) is 10.2 Å². The first kappa shape index (κ1) is 17.5. The maximum absolute atomic E-state index is 12.0. The lowest BCUT2D eigenvalue weighted by Gasteiger charge is -2.15. The van der Waals surface area contributed by atoms with E-state index in [0.29, 0.717) is 12.3 Å². The Morgan fingerprint density at radius 3 is 2.56 bits per heavy atom. The fourth-order valence-electron chi connectivity index (χ4n) is 3.07. The van der Waals surface area contributed by atoms with E-state index < -0.39 is 0 Å². The lowest BCUT2D eigenvalue weighted by molar-refractivity contribution is -0.123. The van der Waals surface area contributed by atoms with E-state index in [0.717, 1.165) is 12.1 Å². The van der Waals surface area contributed by atoms with Crippen molar-refractivity contribution < 1.29 is 9.53 Å². The first-order valence-electron chi connectivity index (χ1n) is 8.95. The summed E-state index contributed by atoms with van der Waals surface area (Å²) in [6.45, 7) is 5.97. The van der Waals surface area contributed by atoms with Crippen LogP contribution in [0, 0.1) is 6.92 Å². The molecule has 0 atom stereocenters. The molecule has 0 unspecified atom stereocenters. The first-order valence-corrected chi connectivity index (χ1v) is 8.95. The standard InChI is InChI=1S/C21H26N2O2/c1-17-7-9-20(10-8-17)25-16-21(24)22-14-18-5-4-6-19(13-18)15-23-11-2-3-12-23/h4-10,13H,2-3,11-12,14-16H2,1H3,(H,22,24). The predicted octanol–water partition coefficient (Wildman–Crippen LogP) is 3.29. The molecule has 1 N–H and O–H groups in total. The molecule has 4 heteroatoms. The Morgan fingerprint density at radius 1 is 1.08 bits per heavy atom. The Balaban J connectivity index is 1.44. The van der Waals surface area contributed by atoms with Crippen molar-refractivity contribution in [3.05, 3.63) is 65.2 Å². The maximum Gasteiger partial charge on any atom is 0.258 e. The van der Waals surface area contributed by atoms with Gasteiger partial charge < -0.3 is 10.1 Å². The molecule has 1 saturated heterocycles. The zero-order chi connectivity index (χ0) is 17.5. The van der Waals surface area contributed by atoms with Gasteiger partial charge in [-0.2, -0.15) is 0 Å². The first-order chi connectivity index (χ1) is 12.2. The van der Waals surface area contributed by atoms with E-state index in [9.17, 15) is 4.79 Å². The number of nitrogens with one attached hydrogen (secondary N) is 1. The topological polar surface area (TPSA) is 41.6 Å². The maximum atomic E-state index is 12.0. The van der Waals surface area contributed by atoms with Crippen LogP contribution in [0.25, 0.3) is 0 Å². The molecule has 0 aliphatic carbocycles. The average molecular weight is 338 g/mol. The average Bonchev–Trinajstić information content (AvgIpc) is 3.13. The van der Waals surface area contributed by atoms with Gasteiger partial charge in [0.2, 0.25) is 0 Å². The molecule has 2 aromatic carbocycles. The van der Waals surface area contributed by atoms with Crippen molar-refractivity contribution in [3.63, 3.8) is 0 Å². The number of rotatable bonds is 7. The molecule has 25 heavy (non-hydrogen) atoms. The molecule has 0 bridgehead atoms. The van der Waals surface area contributed by atoms with Crippen LogP contribution in [0.15, 0.2) is 48.5 Å². The van der Waals surface area contributed by atoms with Crippen molar-refractivity contribution in [2.75, 3.05) is 19.7 Å². The number of carbonyl (C=O) groups excluding carboxylic acids is 1. The zero-order valence-electron chi connectivity index (χ0n) is 14.8. The molecule has 0 aromatic heterocycles. The summed E-state index contributed by atoms with van der Waals surface area (Å²) in [4.78, 5) is 14.5. The molecule has 0 radical (unpaired) electrons. The molecule has 2 aromatic rings. The van der Waals surface area contributed by atoms with Crippen LogP contribution in [-0.2, 0) is 17.9 Å². The Kier molecular flexibility index (Phi) is 6.07. The number of hydrogen-bond donors (Lipinski definition) is 1. The Labute approximate surface area is 149 Å². The Bertz CT molecular complexity index is 691. The zero-order valence-corrected chi connectivity index (χ0v) is 14.8. The third kappa shape index (κ3) is 5.61. The number of ether oxygens (including phenoxy) is 1. The van der Waals surface area contributed by atoms with Gasteiger partial charge >= 0.3 is 0 Å². The molecule has 4 nitrogen and oxygen atoms in total. The summed E-state index contributed by atoms with van der Waals surface area (Å²) < 4.78 is 5.50. The molecule has 3 rings (SSSR count). The molecule has 1 aliphatic rings. The van der Waals surface area contributed by atoms with Crippen LogP contribution in [0.1, 0.15) is 29.5 Å². The van der Waals surface area contributed by atoms with Crippen LogP contribution < -0.4 is 10.1 Å². The monoisotopic (exact) mass is 338 g/mol. The number of hydrogen-bond acceptors (Lipinski definition) is 3. The number of likely N-dealkylation sites (tertiary alicyclic amines) is 1. The van der Waals surface area contributed by atoms with Gasteiger partial charge in [-0.15, -0.1) is 0 Å². The second-order valence-electron chi connectivity index (χ2n) is 6.68. The summed E-state index contributed by atoms with van der Waals surface area (Å²) in [6.07, 6.45) is 2.60. The van der Waals surface area contributed by atoms with Gasteiger partial charge in [-0.3, -0.25) is 9.69 Å². The molecule has 132 valence electrons. The Hall–Kier alpha value is -2.33. The number of carbonyl (C=O) groups is 1. The highest BCUT2D eigenvalue weighted by Crippen LogP contribution is 2.14. The van der Waals surface area contributed by atoms with Gasteiger partial charge in [0, 0.05) is 13.1 Å².